The standard InChI is InChI=1S/C18H25NO.C17H22ClNO.C17H23NO.3CH4/c1-12-11-19(18(5,6)7)16(20)13-9-8-10-14(15(12)13)17(2,3)4;1-16(2,3)12-9-7-8-11-14(12)13(18)10-19(15(11)20)17(4,5)6;1-16(2,3)14-9-7-8-13-12(14)10-11-18(15(13)19)17(4,5)6;;;/h8-11H,1-7H3;7-10H,1-6H3;7-11H,1-6H3;3*1H4. The van der Waals surface area contributed by atoms with E-state index < -0.39 is 0 Å². The highest BCUT2D eigenvalue weighted by atomic mass is 35.5. The van der Waals surface area contributed by atoms with Crippen molar-refractivity contribution in [3.63, 3.8) is 0 Å². The van der Waals surface area contributed by atoms with E-state index in [0.29, 0.717) is 10.4 Å². The number of benzene rings is 3. The first-order valence-electron chi connectivity index (χ1n) is 20.8. The molecule has 0 atom stereocenters. The zero-order valence-corrected chi connectivity index (χ0v) is 40.2. The van der Waals surface area contributed by atoms with E-state index in [2.05, 4.69) is 114 Å². The Morgan fingerprint density at radius 2 is 0.742 bits per heavy atom. The second kappa shape index (κ2) is 19.1. The maximum Gasteiger partial charge on any atom is 0.259 e. The quantitative estimate of drug-likeness (QED) is 0.153. The zero-order chi connectivity index (χ0) is 45.0. The Hall–Kier alpha value is -4.42. The highest BCUT2D eigenvalue weighted by molar-refractivity contribution is 6.35. The summed E-state index contributed by atoms with van der Waals surface area (Å²) >= 11 is 6.49. The minimum atomic E-state index is -0.285. The van der Waals surface area contributed by atoms with Crippen LogP contribution < -0.4 is 16.7 Å². The van der Waals surface area contributed by atoms with E-state index in [4.69, 9.17) is 11.6 Å². The molecule has 0 spiro atoms. The van der Waals surface area contributed by atoms with Crippen molar-refractivity contribution in [2.75, 3.05) is 0 Å². The Kier molecular flexibility index (Phi) is 17.2. The van der Waals surface area contributed by atoms with Crippen molar-refractivity contribution in [1.82, 2.24) is 13.7 Å². The lowest BCUT2D eigenvalue weighted by atomic mass is 9.83. The average molecular weight is 869 g/mol. The first kappa shape index (κ1) is 55.6. The molecular weight excluding hydrogens is 786 g/mol. The van der Waals surface area contributed by atoms with Crippen molar-refractivity contribution in [1.29, 1.82) is 0 Å². The third-order valence-electron chi connectivity index (χ3n) is 10.8. The first-order valence-corrected chi connectivity index (χ1v) is 21.2. The molecule has 342 valence electrons. The Balaban J connectivity index is 0.000000454. The largest absolute Gasteiger partial charge is 0.310 e. The number of nitrogens with zero attached hydrogens (tertiary/aromatic N) is 3. The van der Waals surface area contributed by atoms with Crippen molar-refractivity contribution in [3.05, 3.63) is 138 Å². The molecule has 62 heavy (non-hydrogen) atoms. The average Bonchev–Trinajstić information content (AvgIpc) is 3.08. The lowest BCUT2D eigenvalue weighted by molar-refractivity contribution is 0.385. The number of aromatic nitrogens is 3. The van der Waals surface area contributed by atoms with E-state index >= 15 is 0 Å². The van der Waals surface area contributed by atoms with E-state index in [1.165, 1.54) is 16.7 Å². The molecule has 0 radical (unpaired) electrons. The normalized spacial score (nSPS) is 12.3. The van der Waals surface area contributed by atoms with Gasteiger partial charge in [-0.25, -0.2) is 0 Å². The number of rotatable bonds is 0. The fraction of sp³-hybridized carbons (Fsp3) is 0.509. The summed E-state index contributed by atoms with van der Waals surface area (Å²) in [4.78, 5) is 38.1. The summed E-state index contributed by atoms with van der Waals surface area (Å²) in [6.45, 7) is 39.9. The molecule has 0 fully saturated rings. The molecular formula is C55H82ClN3O3. The smallest absolute Gasteiger partial charge is 0.259 e. The van der Waals surface area contributed by atoms with Crippen LogP contribution in [0, 0.1) is 6.92 Å². The number of fused-ring (bicyclic) bond motifs is 3. The van der Waals surface area contributed by atoms with Crippen LogP contribution >= 0.6 is 11.6 Å². The van der Waals surface area contributed by atoms with Gasteiger partial charge in [0.1, 0.15) is 0 Å². The Bertz CT molecular complexity index is 2560. The molecule has 0 aliphatic heterocycles. The molecule has 0 amide bonds. The van der Waals surface area contributed by atoms with Gasteiger partial charge in [-0.2, -0.15) is 0 Å². The monoisotopic (exact) mass is 868 g/mol. The topological polar surface area (TPSA) is 66.0 Å². The molecule has 3 aromatic heterocycles. The van der Waals surface area contributed by atoms with Gasteiger partial charge >= 0.3 is 0 Å². The third kappa shape index (κ3) is 11.8. The van der Waals surface area contributed by atoms with E-state index in [-0.39, 0.29) is 71.8 Å². The van der Waals surface area contributed by atoms with Crippen LogP contribution in [0.15, 0.2) is 93.6 Å². The summed E-state index contributed by atoms with van der Waals surface area (Å²) in [5.41, 5.74) is 4.30. The van der Waals surface area contributed by atoms with Crippen LogP contribution in [0.1, 0.15) is 169 Å². The molecule has 0 aliphatic carbocycles. The predicted octanol–water partition coefficient (Wildman–Crippen LogP) is 15.0. The van der Waals surface area contributed by atoms with Crippen LogP contribution in [0.5, 0.6) is 0 Å². The zero-order valence-electron chi connectivity index (χ0n) is 39.4. The van der Waals surface area contributed by atoms with Gasteiger partial charge in [0.15, 0.2) is 0 Å². The highest BCUT2D eigenvalue weighted by Crippen LogP contribution is 2.35. The number of hydrogen-bond donors (Lipinski definition) is 0. The summed E-state index contributed by atoms with van der Waals surface area (Å²) in [5.74, 6) is 0. The molecule has 0 saturated carbocycles. The number of aryl methyl sites for hydroxylation is 1. The molecule has 0 saturated heterocycles. The van der Waals surface area contributed by atoms with Gasteiger partial charge in [-0.1, -0.05) is 133 Å². The van der Waals surface area contributed by atoms with E-state index in [9.17, 15) is 14.4 Å². The van der Waals surface area contributed by atoms with Gasteiger partial charge < -0.3 is 13.7 Å². The van der Waals surface area contributed by atoms with E-state index in [0.717, 1.165) is 32.5 Å². The second-order valence-corrected chi connectivity index (χ2v) is 22.5. The minimum absolute atomic E-state index is 0. The van der Waals surface area contributed by atoms with Gasteiger partial charge in [0.25, 0.3) is 16.7 Å². The van der Waals surface area contributed by atoms with E-state index in [1.54, 1.807) is 10.8 Å². The number of halogens is 1. The summed E-state index contributed by atoms with van der Waals surface area (Å²) < 4.78 is 5.36. The molecule has 0 aliphatic rings. The highest BCUT2D eigenvalue weighted by Gasteiger charge is 2.25. The molecule has 0 unspecified atom stereocenters. The molecule has 7 heteroatoms. The van der Waals surface area contributed by atoms with Crippen molar-refractivity contribution < 1.29 is 0 Å². The second-order valence-electron chi connectivity index (χ2n) is 22.1. The van der Waals surface area contributed by atoms with Gasteiger partial charge in [-0.15, -0.1) is 0 Å². The summed E-state index contributed by atoms with van der Waals surface area (Å²) in [6.07, 6.45) is 5.68. The number of pyridine rings is 3. The maximum atomic E-state index is 12.8. The third-order valence-corrected chi connectivity index (χ3v) is 11.1. The SMILES string of the molecule is C.C.C.CC(C)(C)c1cccc2c(=O)n(C(C)(C)C)cc(Cl)c12.CC(C)(C)c1cccc2c(=O)n(C(C)(C)C)ccc12.Cc1cn(C(C)(C)C)c(=O)c2cccc(C(C)(C)C)c12. The lowest BCUT2D eigenvalue weighted by Crippen LogP contribution is -2.34. The van der Waals surface area contributed by atoms with E-state index in [1.807, 2.05) is 99.5 Å². The molecule has 6 nitrogen and oxygen atoms in total. The van der Waals surface area contributed by atoms with Crippen LogP contribution in [0.25, 0.3) is 32.3 Å². The van der Waals surface area contributed by atoms with Gasteiger partial charge in [0, 0.05) is 56.8 Å². The molecule has 0 bridgehead atoms. The van der Waals surface area contributed by atoms with Crippen LogP contribution in [-0.4, -0.2) is 13.7 Å². The Labute approximate surface area is 380 Å². The molecule has 0 N–H and O–H groups in total. The van der Waals surface area contributed by atoms with Crippen LogP contribution in [0.3, 0.4) is 0 Å². The minimum Gasteiger partial charge on any atom is -0.310 e. The van der Waals surface area contributed by atoms with Crippen LogP contribution in [0.4, 0.5) is 0 Å². The maximum absolute atomic E-state index is 12.8. The molecule has 3 aromatic carbocycles. The predicted molar refractivity (Wildman–Crippen MR) is 276 cm³/mol. The summed E-state index contributed by atoms with van der Waals surface area (Å²) in [7, 11) is 0. The van der Waals surface area contributed by atoms with Crippen LogP contribution in [-0.2, 0) is 32.9 Å². The lowest BCUT2D eigenvalue weighted by Gasteiger charge is -2.26. The van der Waals surface area contributed by atoms with Gasteiger partial charge in [0.05, 0.1) is 5.02 Å². The van der Waals surface area contributed by atoms with Crippen molar-refractivity contribution in [3.8, 4) is 0 Å². The molecule has 3 heterocycles. The Morgan fingerprint density at radius 3 is 1.15 bits per heavy atom. The van der Waals surface area contributed by atoms with Gasteiger partial charge in [-0.05, 0) is 143 Å². The van der Waals surface area contributed by atoms with Gasteiger partial charge in [-0.3, -0.25) is 14.4 Å². The first-order chi connectivity index (χ1) is 26.7. The molecule has 6 rings (SSSR count). The van der Waals surface area contributed by atoms with Crippen molar-refractivity contribution >= 4 is 43.9 Å². The summed E-state index contributed by atoms with van der Waals surface area (Å²) in [6, 6.07) is 20.0. The fourth-order valence-corrected chi connectivity index (χ4v) is 7.96. The molecule has 6 aromatic rings. The van der Waals surface area contributed by atoms with Crippen molar-refractivity contribution in [2.45, 2.75) is 187 Å². The number of hydrogen-bond acceptors (Lipinski definition) is 3. The summed E-state index contributed by atoms with van der Waals surface area (Å²) in [5, 5.41) is 6.04. The fourth-order valence-electron chi connectivity index (χ4n) is 7.66. The van der Waals surface area contributed by atoms with Crippen molar-refractivity contribution in [2.24, 2.45) is 0 Å². The Morgan fingerprint density at radius 1 is 0.403 bits per heavy atom. The van der Waals surface area contributed by atoms with Crippen LogP contribution in [0.2, 0.25) is 5.02 Å². The van der Waals surface area contributed by atoms with Gasteiger partial charge in [0.2, 0.25) is 0 Å².